The molecule has 3 N–H and O–H groups in total. The third-order valence-electron chi connectivity index (χ3n) is 6.67. The second-order valence-corrected chi connectivity index (χ2v) is 8.72. The lowest BCUT2D eigenvalue weighted by Crippen LogP contribution is -2.57. The van der Waals surface area contributed by atoms with Crippen molar-refractivity contribution in [2.45, 2.75) is 49.7 Å². The molecule has 2 atom stereocenters. The highest BCUT2D eigenvalue weighted by Crippen LogP contribution is 2.45. The van der Waals surface area contributed by atoms with Crippen molar-refractivity contribution in [1.29, 1.82) is 16.1 Å². The van der Waals surface area contributed by atoms with E-state index in [1.54, 1.807) is 12.1 Å². The SMILES string of the molecule is N#CC(=N)/C=C\C(=N)N1C2CCC1CN(C(=O)CCNC1(c3ccc(F)c(F)c3)CC1)C2. The van der Waals surface area contributed by atoms with Crippen LogP contribution in [0.4, 0.5) is 8.78 Å². The molecule has 2 unspecified atom stereocenters. The number of likely N-dealkylation sites (tertiary alicyclic amines) is 1. The number of amidine groups is 1. The van der Waals surface area contributed by atoms with Gasteiger partial charge in [0.25, 0.3) is 0 Å². The number of rotatable bonds is 7. The lowest BCUT2D eigenvalue weighted by atomic mass is 10.0. The molecular weight excluding hydrogens is 414 g/mol. The van der Waals surface area contributed by atoms with Crippen LogP contribution < -0.4 is 5.32 Å². The van der Waals surface area contributed by atoms with Gasteiger partial charge in [0.15, 0.2) is 11.6 Å². The van der Waals surface area contributed by atoms with Crippen molar-refractivity contribution < 1.29 is 13.6 Å². The maximum absolute atomic E-state index is 13.6. The fraction of sp³-hybridized carbons (Fsp3) is 0.478. The van der Waals surface area contributed by atoms with Gasteiger partial charge in [-0.05, 0) is 55.5 Å². The molecule has 2 aliphatic heterocycles. The van der Waals surface area contributed by atoms with Crippen LogP contribution in [-0.2, 0) is 10.3 Å². The van der Waals surface area contributed by atoms with Crippen LogP contribution in [0.2, 0.25) is 0 Å². The smallest absolute Gasteiger partial charge is 0.223 e. The Hall–Kier alpha value is -3.12. The quantitative estimate of drug-likeness (QED) is 0.448. The molecule has 32 heavy (non-hydrogen) atoms. The molecule has 3 fully saturated rings. The van der Waals surface area contributed by atoms with Crippen LogP contribution in [0.1, 0.15) is 37.7 Å². The van der Waals surface area contributed by atoms with Gasteiger partial charge in [0.05, 0.1) is 0 Å². The first-order valence-electron chi connectivity index (χ1n) is 10.8. The monoisotopic (exact) mass is 440 g/mol. The van der Waals surface area contributed by atoms with Crippen molar-refractivity contribution in [1.82, 2.24) is 15.1 Å². The first-order chi connectivity index (χ1) is 15.3. The number of carbonyl (C=O) groups excluding carboxylic acids is 1. The van der Waals surface area contributed by atoms with Crippen LogP contribution in [0.5, 0.6) is 0 Å². The molecule has 4 rings (SSSR count). The van der Waals surface area contributed by atoms with Gasteiger partial charge < -0.3 is 15.1 Å². The highest BCUT2D eigenvalue weighted by Gasteiger charge is 2.45. The van der Waals surface area contributed by atoms with Gasteiger partial charge in [-0.25, -0.2) is 8.78 Å². The zero-order chi connectivity index (χ0) is 22.9. The third-order valence-corrected chi connectivity index (χ3v) is 6.67. The van der Waals surface area contributed by atoms with Crippen molar-refractivity contribution in [3.8, 4) is 6.07 Å². The van der Waals surface area contributed by atoms with Crippen LogP contribution in [0.3, 0.4) is 0 Å². The number of nitrogens with one attached hydrogen (secondary N) is 3. The molecule has 7 nitrogen and oxygen atoms in total. The number of nitriles is 1. The van der Waals surface area contributed by atoms with Gasteiger partial charge in [-0.15, -0.1) is 0 Å². The summed E-state index contributed by atoms with van der Waals surface area (Å²) in [6.07, 6.45) is 6.58. The number of hydrogen-bond donors (Lipinski definition) is 3. The third kappa shape index (κ3) is 4.41. The Morgan fingerprint density at radius 1 is 1.19 bits per heavy atom. The second kappa shape index (κ2) is 8.79. The van der Waals surface area contributed by atoms with E-state index >= 15 is 0 Å². The fourth-order valence-corrected chi connectivity index (χ4v) is 4.84. The van der Waals surface area contributed by atoms with E-state index in [-0.39, 0.29) is 35.1 Å². The van der Waals surface area contributed by atoms with Crippen molar-refractivity contribution in [3.05, 3.63) is 47.5 Å². The molecule has 0 aromatic heterocycles. The van der Waals surface area contributed by atoms with Gasteiger partial charge in [-0.3, -0.25) is 15.6 Å². The van der Waals surface area contributed by atoms with Gasteiger partial charge in [-0.1, -0.05) is 6.07 Å². The van der Waals surface area contributed by atoms with Crippen molar-refractivity contribution in [3.63, 3.8) is 0 Å². The Kier molecular flexibility index (Phi) is 6.07. The van der Waals surface area contributed by atoms with E-state index in [0.29, 0.717) is 31.6 Å². The predicted octanol–water partition coefficient (Wildman–Crippen LogP) is 2.69. The van der Waals surface area contributed by atoms with Gasteiger partial charge in [0.2, 0.25) is 5.91 Å². The number of piperazine rings is 1. The molecule has 9 heteroatoms. The number of hydrogen-bond acceptors (Lipinski definition) is 5. The lowest BCUT2D eigenvalue weighted by Gasteiger charge is -2.42. The Balaban J connectivity index is 1.29. The molecule has 2 bridgehead atoms. The minimum atomic E-state index is -0.861. The van der Waals surface area contributed by atoms with Crippen LogP contribution in [0, 0.1) is 33.8 Å². The van der Waals surface area contributed by atoms with Gasteiger partial charge in [-0.2, -0.15) is 5.26 Å². The summed E-state index contributed by atoms with van der Waals surface area (Å²) >= 11 is 0. The van der Waals surface area contributed by atoms with Crippen molar-refractivity contribution >= 4 is 17.5 Å². The molecule has 0 radical (unpaired) electrons. The molecular formula is C23H26F2N6O. The van der Waals surface area contributed by atoms with Crippen LogP contribution >= 0.6 is 0 Å². The highest BCUT2D eigenvalue weighted by molar-refractivity contribution is 6.08. The standard InChI is InChI=1S/C23H26F2N6O/c24-19-5-1-15(11-20(19)25)23(8-9-23)29-10-7-22(32)30-13-17-3-4-18(14-30)31(17)21(28)6-2-16(27)12-26/h1-2,5-6,11,17-18,27-29H,3-4,7-10,13-14H2/b6-2-,27-16?,28-21?. The molecule has 2 heterocycles. The number of nitrogens with zero attached hydrogens (tertiary/aromatic N) is 3. The molecule has 1 aliphatic carbocycles. The number of amides is 1. The maximum Gasteiger partial charge on any atom is 0.223 e. The van der Waals surface area contributed by atoms with Gasteiger partial charge >= 0.3 is 0 Å². The number of allylic oxidation sites excluding steroid dienone is 1. The van der Waals surface area contributed by atoms with Crippen LogP contribution in [0.25, 0.3) is 0 Å². The number of halogens is 2. The summed E-state index contributed by atoms with van der Waals surface area (Å²) in [5.74, 6) is -1.40. The summed E-state index contributed by atoms with van der Waals surface area (Å²) in [6.45, 7) is 1.56. The zero-order valence-corrected chi connectivity index (χ0v) is 17.7. The van der Waals surface area contributed by atoms with E-state index in [1.807, 2.05) is 9.80 Å². The van der Waals surface area contributed by atoms with Crippen LogP contribution in [0.15, 0.2) is 30.4 Å². The summed E-state index contributed by atoms with van der Waals surface area (Å²) in [7, 11) is 0. The molecule has 168 valence electrons. The van der Waals surface area contributed by atoms with E-state index in [1.165, 1.54) is 18.2 Å². The van der Waals surface area contributed by atoms with E-state index in [2.05, 4.69) is 5.32 Å². The number of benzene rings is 1. The molecule has 0 spiro atoms. The molecule has 1 aromatic carbocycles. The minimum absolute atomic E-state index is 0.0449. The first-order valence-corrected chi connectivity index (χ1v) is 10.8. The number of carbonyl (C=O) groups is 1. The molecule has 1 aromatic rings. The Labute approximate surface area is 185 Å². The molecule has 1 amide bonds. The lowest BCUT2D eigenvalue weighted by molar-refractivity contribution is -0.133. The minimum Gasteiger partial charge on any atom is -0.348 e. The van der Waals surface area contributed by atoms with Crippen molar-refractivity contribution in [2.75, 3.05) is 19.6 Å². The topological polar surface area (TPSA) is 107 Å². The second-order valence-electron chi connectivity index (χ2n) is 8.72. The van der Waals surface area contributed by atoms with Crippen LogP contribution in [-0.4, -0.2) is 59.0 Å². The summed E-state index contributed by atoms with van der Waals surface area (Å²) < 4.78 is 26.8. The number of fused-ring (bicyclic) bond motifs is 2. The summed E-state index contributed by atoms with van der Waals surface area (Å²) in [4.78, 5) is 16.7. The predicted molar refractivity (Wildman–Crippen MR) is 115 cm³/mol. The summed E-state index contributed by atoms with van der Waals surface area (Å²) in [5, 5.41) is 27.7. The molecule has 2 saturated heterocycles. The van der Waals surface area contributed by atoms with Crippen molar-refractivity contribution in [2.24, 2.45) is 0 Å². The Morgan fingerprint density at radius 2 is 1.88 bits per heavy atom. The maximum atomic E-state index is 13.6. The zero-order valence-electron chi connectivity index (χ0n) is 17.7. The van der Waals surface area contributed by atoms with E-state index in [9.17, 15) is 13.6 Å². The van der Waals surface area contributed by atoms with E-state index < -0.39 is 11.6 Å². The van der Waals surface area contributed by atoms with E-state index in [4.69, 9.17) is 16.1 Å². The van der Waals surface area contributed by atoms with E-state index in [0.717, 1.165) is 31.7 Å². The highest BCUT2D eigenvalue weighted by atomic mass is 19.2. The fourth-order valence-electron chi connectivity index (χ4n) is 4.84. The Bertz CT molecular complexity index is 998. The average Bonchev–Trinajstić information content (AvgIpc) is 3.52. The molecule has 3 aliphatic rings. The molecule has 1 saturated carbocycles. The normalized spacial score (nSPS) is 23.3. The van der Waals surface area contributed by atoms with Gasteiger partial charge in [0, 0.05) is 43.7 Å². The summed E-state index contributed by atoms with van der Waals surface area (Å²) in [6, 6.07) is 5.82. The first kappa shape index (κ1) is 22.1. The summed E-state index contributed by atoms with van der Waals surface area (Å²) in [5.41, 5.74) is 0.150. The van der Waals surface area contributed by atoms with Gasteiger partial charge in [0.1, 0.15) is 17.6 Å². The average molecular weight is 440 g/mol. The largest absolute Gasteiger partial charge is 0.348 e. The Morgan fingerprint density at radius 3 is 2.47 bits per heavy atom.